The van der Waals surface area contributed by atoms with E-state index in [1.807, 2.05) is 67.6 Å². The van der Waals surface area contributed by atoms with Gasteiger partial charge in [0.15, 0.2) is 0 Å². The third kappa shape index (κ3) is 5.45. The van der Waals surface area contributed by atoms with Gasteiger partial charge in [-0.2, -0.15) is 5.10 Å². The van der Waals surface area contributed by atoms with Crippen LogP contribution in [0.5, 0.6) is 0 Å². The van der Waals surface area contributed by atoms with E-state index in [1.54, 1.807) is 11.8 Å². The molecule has 0 bridgehead atoms. The highest BCUT2D eigenvalue weighted by Gasteiger charge is 2.14. The van der Waals surface area contributed by atoms with Crippen molar-refractivity contribution in [3.05, 3.63) is 77.1 Å². The van der Waals surface area contributed by atoms with E-state index in [-0.39, 0.29) is 16.4 Å². The van der Waals surface area contributed by atoms with E-state index in [0.29, 0.717) is 11.6 Å². The maximum absolute atomic E-state index is 12.1. The Bertz CT molecular complexity index is 913. The van der Waals surface area contributed by atoms with Crippen LogP contribution in [0.4, 0.5) is 0 Å². The molecular weight excluding hydrogens is 382 g/mol. The smallest absolute Gasteiger partial charge is 0.252 e. The number of carbonyl (C=O) groups excluding carboxylic acids is 1. The predicted molar refractivity (Wildman–Crippen MR) is 110 cm³/mol. The van der Waals surface area contributed by atoms with Gasteiger partial charge in [-0.15, -0.1) is 11.8 Å². The second-order valence-electron chi connectivity index (χ2n) is 5.72. The predicted octanol–water partition coefficient (Wildman–Crippen LogP) is 4.77. The average molecular weight is 400 g/mol. The van der Waals surface area contributed by atoms with E-state index >= 15 is 0 Å². The molecule has 0 saturated heterocycles. The van der Waals surface area contributed by atoms with Gasteiger partial charge in [0.25, 0.3) is 5.91 Å². The normalized spacial score (nSPS) is 12.2. The molecule has 0 saturated carbocycles. The number of nitrogens with zero attached hydrogens (tertiary/aromatic N) is 2. The van der Waals surface area contributed by atoms with E-state index in [1.165, 1.54) is 11.8 Å². The SMILES string of the molecule is CC(SCc1ccccc1)C(=O)N/N=C/c1nc(-c2ccccc2)oc1Cl. The summed E-state index contributed by atoms with van der Waals surface area (Å²) >= 11 is 7.60. The highest BCUT2D eigenvalue weighted by atomic mass is 35.5. The first-order valence-electron chi connectivity index (χ1n) is 8.33. The fourth-order valence-corrected chi connectivity index (χ4v) is 3.22. The molecule has 3 aromatic rings. The number of nitrogens with one attached hydrogen (secondary N) is 1. The number of hydrazone groups is 1. The molecule has 27 heavy (non-hydrogen) atoms. The van der Waals surface area contributed by atoms with Crippen LogP contribution in [-0.2, 0) is 10.5 Å². The molecule has 1 amide bonds. The van der Waals surface area contributed by atoms with Crippen molar-refractivity contribution in [1.82, 2.24) is 10.4 Å². The molecule has 1 atom stereocenters. The Hall–Kier alpha value is -2.57. The molecule has 7 heteroatoms. The third-order valence-corrected chi connectivity index (χ3v) is 5.19. The molecule has 3 rings (SSSR count). The van der Waals surface area contributed by atoms with Crippen molar-refractivity contribution in [3.63, 3.8) is 0 Å². The zero-order chi connectivity index (χ0) is 19.1. The Balaban J connectivity index is 1.54. The second-order valence-corrected chi connectivity index (χ2v) is 7.39. The Labute approximate surface area is 166 Å². The van der Waals surface area contributed by atoms with Crippen LogP contribution in [0.3, 0.4) is 0 Å². The highest BCUT2D eigenvalue weighted by molar-refractivity contribution is 7.99. The number of oxazole rings is 1. The minimum atomic E-state index is -0.241. The van der Waals surface area contributed by atoms with Crippen molar-refractivity contribution in [2.75, 3.05) is 0 Å². The van der Waals surface area contributed by atoms with Crippen LogP contribution in [0.2, 0.25) is 5.22 Å². The van der Waals surface area contributed by atoms with Crippen molar-refractivity contribution in [2.45, 2.75) is 17.9 Å². The zero-order valence-electron chi connectivity index (χ0n) is 14.6. The van der Waals surface area contributed by atoms with Gasteiger partial charge in [-0.1, -0.05) is 48.5 Å². The van der Waals surface area contributed by atoms with Gasteiger partial charge in [0, 0.05) is 11.3 Å². The minimum Gasteiger partial charge on any atom is -0.424 e. The number of aromatic nitrogens is 1. The number of hydrogen-bond donors (Lipinski definition) is 1. The molecule has 0 radical (unpaired) electrons. The lowest BCUT2D eigenvalue weighted by Gasteiger charge is -2.09. The molecule has 1 heterocycles. The van der Waals surface area contributed by atoms with Gasteiger partial charge in [0.05, 0.1) is 11.5 Å². The number of thioether (sulfide) groups is 1. The van der Waals surface area contributed by atoms with Crippen molar-refractivity contribution in [1.29, 1.82) is 0 Å². The minimum absolute atomic E-state index is 0.123. The van der Waals surface area contributed by atoms with Crippen molar-refractivity contribution < 1.29 is 9.21 Å². The number of halogens is 1. The fraction of sp³-hybridized carbons (Fsp3) is 0.150. The van der Waals surface area contributed by atoms with Crippen LogP contribution >= 0.6 is 23.4 Å². The molecule has 0 fully saturated rings. The Morgan fingerprint density at radius 1 is 1.22 bits per heavy atom. The molecule has 2 aromatic carbocycles. The van der Waals surface area contributed by atoms with Gasteiger partial charge in [0.2, 0.25) is 11.1 Å². The fourth-order valence-electron chi connectivity index (χ4n) is 2.22. The summed E-state index contributed by atoms with van der Waals surface area (Å²) in [7, 11) is 0. The molecule has 0 aliphatic rings. The first-order valence-corrected chi connectivity index (χ1v) is 9.76. The van der Waals surface area contributed by atoms with Crippen LogP contribution in [0.25, 0.3) is 11.5 Å². The lowest BCUT2D eigenvalue weighted by molar-refractivity contribution is -0.120. The van der Waals surface area contributed by atoms with Gasteiger partial charge in [-0.05, 0) is 36.2 Å². The molecule has 1 unspecified atom stereocenters. The number of carbonyl (C=O) groups is 1. The molecule has 0 aliphatic carbocycles. The summed E-state index contributed by atoms with van der Waals surface area (Å²) in [5, 5.41) is 3.82. The lowest BCUT2D eigenvalue weighted by atomic mass is 10.2. The standard InChI is InChI=1S/C20H18ClN3O2S/c1-14(27-13-15-8-4-2-5-9-15)19(25)24-22-12-17-18(21)26-20(23-17)16-10-6-3-7-11-16/h2-12,14H,13H2,1H3,(H,24,25)/b22-12+. The van der Waals surface area contributed by atoms with Crippen LogP contribution in [0.15, 0.2) is 70.2 Å². The molecule has 0 aliphatic heterocycles. The summed E-state index contributed by atoms with van der Waals surface area (Å²) in [5.74, 6) is 0.976. The monoisotopic (exact) mass is 399 g/mol. The van der Waals surface area contributed by atoms with Crippen molar-refractivity contribution in [3.8, 4) is 11.5 Å². The topological polar surface area (TPSA) is 67.5 Å². The van der Waals surface area contributed by atoms with Gasteiger partial charge >= 0.3 is 0 Å². The number of amides is 1. The second kappa shape index (κ2) is 9.39. The van der Waals surface area contributed by atoms with E-state index in [0.717, 1.165) is 11.3 Å². The molecular formula is C20H18ClN3O2S. The first-order chi connectivity index (χ1) is 13.1. The summed E-state index contributed by atoms with van der Waals surface area (Å²) in [4.78, 5) is 16.4. The summed E-state index contributed by atoms with van der Waals surface area (Å²) in [6, 6.07) is 19.4. The van der Waals surface area contributed by atoms with Gasteiger partial charge in [-0.3, -0.25) is 4.79 Å². The number of hydrogen-bond acceptors (Lipinski definition) is 5. The van der Waals surface area contributed by atoms with Crippen LogP contribution in [0, 0.1) is 0 Å². The zero-order valence-corrected chi connectivity index (χ0v) is 16.2. The van der Waals surface area contributed by atoms with E-state index < -0.39 is 0 Å². The highest BCUT2D eigenvalue weighted by Crippen LogP contribution is 2.24. The molecule has 5 nitrogen and oxygen atoms in total. The maximum atomic E-state index is 12.1. The van der Waals surface area contributed by atoms with Crippen LogP contribution in [0.1, 0.15) is 18.2 Å². The first kappa shape index (κ1) is 19.2. The Kier molecular flexibility index (Phi) is 6.68. The summed E-state index contributed by atoms with van der Waals surface area (Å²) in [6.07, 6.45) is 1.38. The maximum Gasteiger partial charge on any atom is 0.252 e. The van der Waals surface area contributed by atoms with Gasteiger partial charge in [-0.25, -0.2) is 10.4 Å². The lowest BCUT2D eigenvalue weighted by Crippen LogP contribution is -2.27. The molecule has 138 valence electrons. The van der Waals surface area contributed by atoms with E-state index in [4.69, 9.17) is 16.0 Å². The van der Waals surface area contributed by atoms with E-state index in [2.05, 4.69) is 15.5 Å². The van der Waals surface area contributed by atoms with Gasteiger partial charge in [0.1, 0.15) is 5.69 Å². The van der Waals surface area contributed by atoms with Crippen LogP contribution in [-0.4, -0.2) is 22.4 Å². The third-order valence-electron chi connectivity index (χ3n) is 3.70. The number of rotatable bonds is 7. The molecule has 1 aromatic heterocycles. The van der Waals surface area contributed by atoms with Crippen molar-refractivity contribution in [2.24, 2.45) is 5.10 Å². The van der Waals surface area contributed by atoms with Crippen molar-refractivity contribution >= 4 is 35.5 Å². The average Bonchev–Trinajstić information content (AvgIpc) is 3.08. The van der Waals surface area contributed by atoms with Crippen LogP contribution < -0.4 is 5.43 Å². The Morgan fingerprint density at radius 2 is 1.89 bits per heavy atom. The number of benzene rings is 2. The Morgan fingerprint density at radius 3 is 2.59 bits per heavy atom. The quantitative estimate of drug-likeness (QED) is 0.459. The summed E-state index contributed by atoms with van der Waals surface area (Å²) in [5.41, 5.74) is 4.86. The largest absolute Gasteiger partial charge is 0.424 e. The van der Waals surface area contributed by atoms with E-state index in [9.17, 15) is 4.79 Å². The molecule has 1 N–H and O–H groups in total. The summed E-state index contributed by atoms with van der Waals surface area (Å²) in [6.45, 7) is 1.84. The van der Waals surface area contributed by atoms with Gasteiger partial charge < -0.3 is 4.42 Å². The molecule has 0 spiro atoms. The summed E-state index contributed by atoms with van der Waals surface area (Å²) < 4.78 is 5.44.